The van der Waals surface area contributed by atoms with Gasteiger partial charge in [0.25, 0.3) is 0 Å². The van der Waals surface area contributed by atoms with E-state index in [9.17, 15) is 14.7 Å². The Kier molecular flexibility index (Phi) is 6.81. The number of aromatic nitrogens is 3. The van der Waals surface area contributed by atoms with Crippen molar-refractivity contribution < 1.29 is 14.7 Å². The Morgan fingerprint density at radius 3 is 2.42 bits per heavy atom. The van der Waals surface area contributed by atoms with E-state index in [2.05, 4.69) is 21.9 Å². The van der Waals surface area contributed by atoms with Gasteiger partial charge in [-0.05, 0) is 43.0 Å². The first-order valence-corrected chi connectivity index (χ1v) is 13.6. The van der Waals surface area contributed by atoms with Gasteiger partial charge in [0.15, 0.2) is 0 Å². The second-order valence-corrected chi connectivity index (χ2v) is 10.6. The summed E-state index contributed by atoms with van der Waals surface area (Å²) in [5, 5.41) is 11.0. The maximum atomic E-state index is 13.0. The largest absolute Gasteiger partial charge is 0.477 e. The molecule has 0 radical (unpaired) electrons. The van der Waals surface area contributed by atoms with Gasteiger partial charge in [0, 0.05) is 37.3 Å². The minimum absolute atomic E-state index is 0.0640. The van der Waals surface area contributed by atoms with Crippen LogP contribution >= 0.6 is 0 Å². The fraction of sp³-hybridized carbons (Fsp3) is 0.290. The van der Waals surface area contributed by atoms with Gasteiger partial charge in [0.1, 0.15) is 23.5 Å². The van der Waals surface area contributed by atoms with E-state index in [1.54, 1.807) is 15.5 Å². The lowest BCUT2D eigenvalue weighted by Gasteiger charge is -2.18. The van der Waals surface area contributed by atoms with Crippen LogP contribution in [0.25, 0.3) is 33.3 Å². The lowest BCUT2D eigenvalue weighted by molar-refractivity contribution is -0.125. The number of carboxylic acids is 1. The number of carboxylic acid groups (broad SMARTS) is 1. The molecule has 9 heteroatoms. The second-order valence-electron chi connectivity index (χ2n) is 10.6. The average Bonchev–Trinajstić information content (AvgIpc) is 3.60. The van der Waals surface area contributed by atoms with Crippen molar-refractivity contribution in [3.05, 3.63) is 78.8 Å². The number of benzene rings is 2. The number of likely N-dealkylation sites (N-methyl/N-ethyl adjacent to an activating group) is 1. The molecule has 1 atom stereocenters. The van der Waals surface area contributed by atoms with Crippen molar-refractivity contribution >= 4 is 28.7 Å². The zero-order chi connectivity index (χ0) is 27.8. The number of nitrogen functional groups attached to an aromatic ring is 1. The minimum atomic E-state index is -1.08. The lowest BCUT2D eigenvalue weighted by atomic mass is 9.98. The smallest absolute Gasteiger partial charge is 0.353 e. The molecule has 0 spiro atoms. The standard InChI is InChI=1S/C31H32N6O3/c1-35(23-13-14-23)16-5-8-25(38)36-17-15-24(18-36)37-28(31(39)40)26(27-29(32)33-19-34-30(27)37)22-11-9-21(10-12-22)20-6-3-2-4-7-20/h2-12,19,23-24H,13-18H2,1H3,(H,39,40)(H2,32,33,34)/b8-5+/t24-/m1/s1. The third kappa shape index (κ3) is 4.84. The lowest BCUT2D eigenvalue weighted by Crippen LogP contribution is -2.28. The van der Waals surface area contributed by atoms with E-state index in [4.69, 9.17) is 5.73 Å². The monoisotopic (exact) mass is 536 g/mol. The van der Waals surface area contributed by atoms with Crippen LogP contribution in [0.4, 0.5) is 5.82 Å². The molecule has 3 heterocycles. The number of hydrogen-bond acceptors (Lipinski definition) is 6. The highest BCUT2D eigenvalue weighted by Gasteiger charge is 2.34. The van der Waals surface area contributed by atoms with Gasteiger partial charge in [0.2, 0.25) is 5.91 Å². The molecular formula is C31H32N6O3. The van der Waals surface area contributed by atoms with E-state index in [-0.39, 0.29) is 23.5 Å². The summed E-state index contributed by atoms with van der Waals surface area (Å²) in [6.45, 7) is 1.66. The van der Waals surface area contributed by atoms with Crippen molar-refractivity contribution in [3.8, 4) is 22.3 Å². The summed E-state index contributed by atoms with van der Waals surface area (Å²) in [5.41, 5.74) is 10.2. The van der Waals surface area contributed by atoms with Gasteiger partial charge in [-0.1, -0.05) is 60.7 Å². The maximum Gasteiger partial charge on any atom is 0.353 e. The van der Waals surface area contributed by atoms with Crippen LogP contribution in [0.5, 0.6) is 0 Å². The van der Waals surface area contributed by atoms with E-state index in [0.717, 1.165) is 23.2 Å². The molecular weight excluding hydrogens is 504 g/mol. The molecule has 1 amide bonds. The Bertz CT molecular complexity index is 1590. The zero-order valence-electron chi connectivity index (χ0n) is 22.4. The molecule has 1 saturated heterocycles. The highest BCUT2D eigenvalue weighted by atomic mass is 16.4. The van der Waals surface area contributed by atoms with E-state index < -0.39 is 5.97 Å². The number of carbonyl (C=O) groups is 2. The first-order valence-electron chi connectivity index (χ1n) is 13.6. The number of aromatic carboxylic acids is 1. The van der Waals surface area contributed by atoms with Gasteiger partial charge in [-0.15, -0.1) is 0 Å². The van der Waals surface area contributed by atoms with Crippen molar-refractivity contribution in [2.75, 3.05) is 32.4 Å². The molecule has 40 heavy (non-hydrogen) atoms. The molecule has 0 unspecified atom stereocenters. The van der Waals surface area contributed by atoms with Crippen LogP contribution in [-0.4, -0.2) is 74.0 Å². The molecule has 1 aliphatic heterocycles. The van der Waals surface area contributed by atoms with Crippen LogP contribution in [0.1, 0.15) is 35.8 Å². The second kappa shape index (κ2) is 10.6. The van der Waals surface area contributed by atoms with Crippen LogP contribution in [0.2, 0.25) is 0 Å². The molecule has 6 rings (SSSR count). The Morgan fingerprint density at radius 2 is 1.73 bits per heavy atom. The Hall–Kier alpha value is -4.50. The van der Waals surface area contributed by atoms with E-state index in [1.165, 1.54) is 19.2 Å². The third-order valence-electron chi connectivity index (χ3n) is 7.96. The summed E-state index contributed by atoms with van der Waals surface area (Å²) < 4.78 is 1.74. The van der Waals surface area contributed by atoms with Crippen LogP contribution in [-0.2, 0) is 4.79 Å². The van der Waals surface area contributed by atoms with Gasteiger partial charge in [0.05, 0.1) is 11.4 Å². The van der Waals surface area contributed by atoms with Crippen molar-refractivity contribution in [2.24, 2.45) is 0 Å². The summed E-state index contributed by atoms with van der Waals surface area (Å²) in [7, 11) is 2.07. The minimum Gasteiger partial charge on any atom is -0.477 e. The fourth-order valence-corrected chi connectivity index (χ4v) is 5.71. The number of fused-ring (bicyclic) bond motifs is 1. The molecule has 2 fully saturated rings. The summed E-state index contributed by atoms with van der Waals surface area (Å²) in [4.78, 5) is 38.5. The van der Waals surface area contributed by atoms with Crippen molar-refractivity contribution in [2.45, 2.75) is 31.3 Å². The molecule has 2 aromatic carbocycles. The van der Waals surface area contributed by atoms with Gasteiger partial charge in [-0.3, -0.25) is 9.69 Å². The molecule has 3 N–H and O–H groups in total. The van der Waals surface area contributed by atoms with Crippen molar-refractivity contribution in [3.63, 3.8) is 0 Å². The molecule has 0 bridgehead atoms. The van der Waals surface area contributed by atoms with E-state index >= 15 is 0 Å². The molecule has 2 aliphatic rings. The topological polar surface area (TPSA) is 118 Å². The highest BCUT2D eigenvalue weighted by Crippen LogP contribution is 2.40. The third-order valence-corrected chi connectivity index (χ3v) is 7.96. The maximum absolute atomic E-state index is 13.0. The fourth-order valence-electron chi connectivity index (χ4n) is 5.71. The SMILES string of the molecule is CN(C/C=C/C(=O)N1CC[C@@H](n2c(C(=O)O)c(-c3ccc(-c4ccccc4)cc3)c3c(N)ncnc32)C1)C1CC1. The van der Waals surface area contributed by atoms with Crippen molar-refractivity contribution in [1.82, 2.24) is 24.3 Å². The van der Waals surface area contributed by atoms with E-state index in [1.807, 2.05) is 60.7 Å². The Labute approximate surface area is 232 Å². The predicted molar refractivity (Wildman–Crippen MR) is 155 cm³/mol. The molecule has 9 nitrogen and oxygen atoms in total. The number of rotatable bonds is 8. The van der Waals surface area contributed by atoms with Gasteiger partial charge < -0.3 is 20.3 Å². The van der Waals surface area contributed by atoms with E-state index in [0.29, 0.717) is 42.1 Å². The molecule has 204 valence electrons. The van der Waals surface area contributed by atoms with Crippen LogP contribution < -0.4 is 5.73 Å². The first kappa shape index (κ1) is 25.8. The van der Waals surface area contributed by atoms with Gasteiger partial charge >= 0.3 is 5.97 Å². The highest BCUT2D eigenvalue weighted by molar-refractivity contribution is 6.10. The first-order chi connectivity index (χ1) is 19.4. The quantitative estimate of drug-likeness (QED) is 0.319. The van der Waals surface area contributed by atoms with Gasteiger partial charge in [-0.25, -0.2) is 14.8 Å². The van der Waals surface area contributed by atoms with Crippen LogP contribution in [0, 0.1) is 0 Å². The summed E-state index contributed by atoms with van der Waals surface area (Å²) in [6, 6.07) is 18.1. The molecule has 4 aromatic rings. The number of hydrogen-bond donors (Lipinski definition) is 2. The molecule has 1 aliphatic carbocycles. The molecule has 2 aromatic heterocycles. The Morgan fingerprint density at radius 1 is 1.02 bits per heavy atom. The summed E-state index contributed by atoms with van der Waals surface area (Å²) >= 11 is 0. The predicted octanol–water partition coefficient (Wildman–Crippen LogP) is 4.47. The Balaban J connectivity index is 1.34. The van der Waals surface area contributed by atoms with Gasteiger partial charge in [-0.2, -0.15) is 0 Å². The average molecular weight is 537 g/mol. The number of carbonyl (C=O) groups excluding carboxylic acids is 1. The summed E-state index contributed by atoms with van der Waals surface area (Å²) in [5.74, 6) is -0.916. The molecule has 1 saturated carbocycles. The number of likely N-dealkylation sites (tertiary alicyclic amines) is 1. The van der Waals surface area contributed by atoms with Crippen LogP contribution in [0.15, 0.2) is 73.1 Å². The zero-order valence-corrected chi connectivity index (χ0v) is 22.4. The normalized spacial score (nSPS) is 17.4. The summed E-state index contributed by atoms with van der Waals surface area (Å²) in [6.07, 6.45) is 7.95. The number of nitrogens with two attached hydrogens (primary N) is 1. The number of amides is 1. The number of nitrogens with zero attached hydrogens (tertiary/aromatic N) is 5. The van der Waals surface area contributed by atoms with Crippen LogP contribution in [0.3, 0.4) is 0 Å². The number of anilines is 1. The van der Waals surface area contributed by atoms with Crippen molar-refractivity contribution in [1.29, 1.82) is 0 Å².